The molecule has 5 rings (SSSR count). The van der Waals surface area contributed by atoms with Crippen LogP contribution in [-0.2, 0) is 0 Å². The minimum Gasteiger partial charge on any atom is -0.507 e. The summed E-state index contributed by atoms with van der Waals surface area (Å²) < 4.78 is 2.18. The number of phenolic OH excluding ortho intramolecular Hbond substituents is 1. The number of nitrogens with zero attached hydrogens (tertiary/aromatic N) is 2. The third-order valence-electron chi connectivity index (χ3n) is 6.74. The summed E-state index contributed by atoms with van der Waals surface area (Å²) in [6, 6.07) is 1.39. The number of hydrogen-bond donors (Lipinski definition) is 3. The van der Waals surface area contributed by atoms with Crippen LogP contribution in [-0.4, -0.2) is 38.4 Å². The molecule has 154 valence electrons. The molecule has 2 atom stereocenters. The molecule has 29 heavy (non-hydrogen) atoms. The Morgan fingerprint density at radius 1 is 1.28 bits per heavy atom. The zero-order chi connectivity index (χ0) is 20.5. The lowest BCUT2D eigenvalue weighted by Crippen LogP contribution is -2.54. The maximum absolute atomic E-state index is 12.8. The van der Waals surface area contributed by atoms with Crippen LogP contribution in [0.1, 0.15) is 66.5 Å². The largest absolute Gasteiger partial charge is 0.507 e. The number of fused-ring (bicyclic) bond motifs is 1. The Morgan fingerprint density at radius 3 is 2.62 bits per heavy atom. The number of nitrogens with two attached hydrogens (primary N) is 1. The van der Waals surface area contributed by atoms with Gasteiger partial charge in [0.1, 0.15) is 17.4 Å². The van der Waals surface area contributed by atoms with Gasteiger partial charge in [0.05, 0.1) is 34.6 Å². The molecule has 3 fully saturated rings. The number of hydrogen-bond acceptors (Lipinski definition) is 4. The number of carbonyl (C=O) groups is 1. The Hall–Kier alpha value is -2.09. The zero-order valence-electron chi connectivity index (χ0n) is 16.1. The molecule has 3 aliphatic rings. The molecule has 1 aromatic carbocycles. The second-order valence-electron chi connectivity index (χ2n) is 8.95. The first-order valence-corrected chi connectivity index (χ1v) is 10.7. The molecular formula is C21H25ClN3O4+. The number of likely N-dealkylation sites (tertiary alicyclic amines) is 1. The molecule has 8 heteroatoms. The molecule has 0 radical (unpaired) electrons. The van der Waals surface area contributed by atoms with Gasteiger partial charge < -0.3 is 14.8 Å². The number of carboxylic acids is 1. The number of aromatic hydroxyl groups is 1. The van der Waals surface area contributed by atoms with E-state index in [1.165, 1.54) is 25.1 Å². The highest BCUT2D eigenvalue weighted by Crippen LogP contribution is 2.49. The van der Waals surface area contributed by atoms with E-state index in [9.17, 15) is 19.8 Å². The molecule has 1 aromatic heterocycles. The third kappa shape index (κ3) is 3.03. The van der Waals surface area contributed by atoms with Gasteiger partial charge in [-0.1, -0.05) is 11.6 Å². The zero-order valence-corrected chi connectivity index (χ0v) is 16.9. The lowest BCUT2D eigenvalue weighted by atomic mass is 9.98. The molecular weight excluding hydrogens is 394 g/mol. The summed E-state index contributed by atoms with van der Waals surface area (Å²) in [5.41, 5.74) is 0.191. The molecule has 2 heterocycles. The number of halogens is 1. The minimum absolute atomic E-state index is 0.0693. The molecule has 1 saturated heterocycles. The van der Waals surface area contributed by atoms with Gasteiger partial charge in [0.15, 0.2) is 0 Å². The van der Waals surface area contributed by atoms with E-state index in [1.54, 1.807) is 0 Å². The standard InChI is InChI=1S/C21H24ClN3O4/c22-18-17(15-2-1-7-25(15,23)10-11-3-4-11)16(26)8-13-19(18)24(12-5-6-12)9-14(20(13)27)21(28)29/h8-9,11-12,15H,1-7,10,23H2,(H-,26,28,29)/p+1. The normalized spacial score (nSPS) is 26.9. The number of quaternary nitrogens is 1. The first-order chi connectivity index (χ1) is 13.8. The fourth-order valence-electron chi connectivity index (χ4n) is 4.98. The van der Waals surface area contributed by atoms with Crippen LogP contribution >= 0.6 is 11.6 Å². The summed E-state index contributed by atoms with van der Waals surface area (Å²) >= 11 is 6.85. The number of rotatable bonds is 5. The van der Waals surface area contributed by atoms with Crippen molar-refractivity contribution in [1.82, 2.24) is 4.57 Å². The first kappa shape index (κ1) is 18.9. The second-order valence-corrected chi connectivity index (χ2v) is 9.32. The molecule has 7 nitrogen and oxygen atoms in total. The van der Waals surface area contributed by atoms with Crippen molar-refractivity contribution >= 4 is 28.5 Å². The van der Waals surface area contributed by atoms with Crippen molar-refractivity contribution in [3.05, 3.63) is 38.6 Å². The topological polar surface area (TPSA) is 106 Å². The van der Waals surface area contributed by atoms with Crippen LogP contribution in [0.4, 0.5) is 0 Å². The molecule has 2 saturated carbocycles. The van der Waals surface area contributed by atoms with E-state index in [0.29, 0.717) is 26.6 Å². The highest BCUT2D eigenvalue weighted by atomic mass is 35.5. The van der Waals surface area contributed by atoms with E-state index in [4.69, 9.17) is 17.4 Å². The van der Waals surface area contributed by atoms with E-state index in [1.807, 2.05) is 4.57 Å². The summed E-state index contributed by atoms with van der Waals surface area (Å²) in [7, 11) is 0. The van der Waals surface area contributed by atoms with Gasteiger partial charge in [0.25, 0.3) is 0 Å². The number of benzene rings is 1. The van der Waals surface area contributed by atoms with Gasteiger partial charge in [0, 0.05) is 31.0 Å². The molecule has 4 N–H and O–H groups in total. The number of carboxylic acid groups (broad SMARTS) is 1. The fourth-order valence-corrected chi connectivity index (χ4v) is 5.40. The Morgan fingerprint density at radius 2 is 2.00 bits per heavy atom. The van der Waals surface area contributed by atoms with Crippen LogP contribution in [0.25, 0.3) is 10.9 Å². The highest BCUT2D eigenvalue weighted by Gasteiger charge is 2.46. The SMILES string of the molecule is N[N+]1(CC2CC2)CCCC1c1c(O)cc2c(=O)c(C(=O)O)cn(C3CC3)c2c1Cl. The van der Waals surface area contributed by atoms with Gasteiger partial charge in [0.2, 0.25) is 5.43 Å². The summed E-state index contributed by atoms with van der Waals surface area (Å²) in [5, 5.41) is 20.8. The van der Waals surface area contributed by atoms with E-state index >= 15 is 0 Å². The van der Waals surface area contributed by atoms with Crippen molar-refractivity contribution in [3.63, 3.8) is 0 Å². The van der Waals surface area contributed by atoms with Gasteiger partial charge in [-0.15, -0.1) is 0 Å². The van der Waals surface area contributed by atoms with E-state index < -0.39 is 11.4 Å². The molecule has 2 aromatic rings. The number of pyridine rings is 1. The molecule has 0 spiro atoms. The van der Waals surface area contributed by atoms with E-state index in [-0.39, 0.29) is 28.8 Å². The van der Waals surface area contributed by atoms with Crippen LogP contribution < -0.4 is 11.3 Å². The lowest BCUT2D eigenvalue weighted by molar-refractivity contribution is -0.958. The van der Waals surface area contributed by atoms with Crippen LogP contribution in [0.15, 0.2) is 17.1 Å². The Labute approximate surface area is 172 Å². The van der Waals surface area contributed by atoms with Crippen molar-refractivity contribution < 1.29 is 19.6 Å². The third-order valence-corrected chi connectivity index (χ3v) is 7.13. The Balaban J connectivity index is 1.74. The molecule has 2 aliphatic carbocycles. The molecule has 2 unspecified atom stereocenters. The van der Waals surface area contributed by atoms with Crippen molar-refractivity contribution in [2.75, 3.05) is 13.1 Å². The second kappa shape index (κ2) is 6.45. The number of aromatic nitrogens is 1. The lowest BCUT2D eigenvalue weighted by Gasteiger charge is -2.35. The maximum Gasteiger partial charge on any atom is 0.341 e. The summed E-state index contributed by atoms with van der Waals surface area (Å²) in [6.07, 6.45) is 7.39. The minimum atomic E-state index is -1.27. The van der Waals surface area contributed by atoms with E-state index in [2.05, 4.69) is 0 Å². The van der Waals surface area contributed by atoms with Crippen molar-refractivity contribution in [2.24, 2.45) is 11.8 Å². The van der Waals surface area contributed by atoms with Crippen LogP contribution in [0.2, 0.25) is 5.02 Å². The number of phenols is 1. The monoisotopic (exact) mass is 418 g/mol. The van der Waals surface area contributed by atoms with Crippen molar-refractivity contribution in [2.45, 2.75) is 50.6 Å². The fraction of sp³-hybridized carbons (Fsp3) is 0.524. The van der Waals surface area contributed by atoms with Crippen LogP contribution in [0.5, 0.6) is 5.75 Å². The predicted octanol–water partition coefficient (Wildman–Crippen LogP) is 3.33. The number of aromatic carboxylic acids is 1. The average molecular weight is 419 g/mol. The average Bonchev–Trinajstić information content (AvgIpc) is 3.56. The summed E-state index contributed by atoms with van der Waals surface area (Å²) in [4.78, 5) is 24.4. The smallest absolute Gasteiger partial charge is 0.341 e. The van der Waals surface area contributed by atoms with Gasteiger partial charge in [-0.2, -0.15) is 5.84 Å². The Bertz CT molecular complexity index is 1090. The van der Waals surface area contributed by atoms with Crippen molar-refractivity contribution in [3.8, 4) is 5.75 Å². The highest BCUT2D eigenvalue weighted by molar-refractivity contribution is 6.36. The van der Waals surface area contributed by atoms with Gasteiger partial charge in [-0.25, -0.2) is 9.39 Å². The van der Waals surface area contributed by atoms with Crippen LogP contribution in [0.3, 0.4) is 0 Å². The quantitative estimate of drug-likeness (QED) is 0.510. The van der Waals surface area contributed by atoms with Crippen LogP contribution in [0, 0.1) is 5.92 Å². The van der Waals surface area contributed by atoms with Gasteiger partial charge in [-0.3, -0.25) is 4.79 Å². The predicted molar refractivity (Wildman–Crippen MR) is 109 cm³/mol. The Kier molecular flexibility index (Phi) is 4.21. The molecule has 0 bridgehead atoms. The first-order valence-electron chi connectivity index (χ1n) is 10.3. The summed E-state index contributed by atoms with van der Waals surface area (Å²) in [5.74, 6) is 6.07. The van der Waals surface area contributed by atoms with Gasteiger partial charge >= 0.3 is 5.97 Å². The van der Waals surface area contributed by atoms with Gasteiger partial charge in [-0.05, 0) is 31.7 Å². The van der Waals surface area contributed by atoms with Crippen molar-refractivity contribution in [1.29, 1.82) is 0 Å². The maximum atomic E-state index is 12.8. The van der Waals surface area contributed by atoms with E-state index in [0.717, 1.165) is 38.8 Å². The molecule has 0 amide bonds. The molecule has 1 aliphatic heterocycles. The summed E-state index contributed by atoms with van der Waals surface area (Å²) in [6.45, 7) is 1.70.